The summed E-state index contributed by atoms with van der Waals surface area (Å²) in [7, 11) is 0. The van der Waals surface area contributed by atoms with E-state index in [0.717, 1.165) is 11.1 Å². The van der Waals surface area contributed by atoms with E-state index < -0.39 is 0 Å². The van der Waals surface area contributed by atoms with Crippen LogP contribution in [0, 0.1) is 11.3 Å². The van der Waals surface area contributed by atoms with Gasteiger partial charge in [0, 0.05) is 0 Å². The number of nitrogens with zero attached hydrogens (tertiary/aromatic N) is 1. The van der Waals surface area contributed by atoms with Crippen molar-refractivity contribution in [3.8, 4) is 6.07 Å². The fourth-order valence-electron chi connectivity index (χ4n) is 1.33. The predicted octanol–water partition coefficient (Wildman–Crippen LogP) is 2.67. The van der Waals surface area contributed by atoms with Crippen LogP contribution in [-0.4, -0.2) is 5.11 Å². The minimum Gasteiger partial charge on any atom is -0.392 e. The SMILES string of the molecule is N#Cc1ccccc1.[O]Cc1cccc(CO)c1. The summed E-state index contributed by atoms with van der Waals surface area (Å²) in [6, 6.07) is 18.2. The Morgan fingerprint density at radius 3 is 2.17 bits per heavy atom. The van der Waals surface area contributed by atoms with Gasteiger partial charge in [0.15, 0.2) is 0 Å². The van der Waals surface area contributed by atoms with Crippen molar-refractivity contribution in [1.29, 1.82) is 5.26 Å². The maximum Gasteiger partial charge on any atom is 0.107 e. The van der Waals surface area contributed by atoms with E-state index in [4.69, 9.17) is 10.4 Å². The van der Waals surface area contributed by atoms with Crippen molar-refractivity contribution < 1.29 is 10.2 Å². The third-order valence-electron chi connectivity index (χ3n) is 2.24. The van der Waals surface area contributed by atoms with Crippen LogP contribution in [0.2, 0.25) is 0 Å². The van der Waals surface area contributed by atoms with Crippen LogP contribution in [0.1, 0.15) is 16.7 Å². The van der Waals surface area contributed by atoms with Gasteiger partial charge in [-0.3, -0.25) is 0 Å². The Labute approximate surface area is 107 Å². The van der Waals surface area contributed by atoms with Gasteiger partial charge in [0.1, 0.15) is 6.61 Å². The molecule has 0 aromatic heterocycles. The maximum atomic E-state index is 10.3. The van der Waals surface area contributed by atoms with Gasteiger partial charge >= 0.3 is 0 Å². The second-order valence-electron chi connectivity index (χ2n) is 3.60. The topological polar surface area (TPSA) is 63.9 Å². The van der Waals surface area contributed by atoms with E-state index in [0.29, 0.717) is 5.56 Å². The fraction of sp³-hybridized carbons (Fsp3) is 0.133. The summed E-state index contributed by atoms with van der Waals surface area (Å²) >= 11 is 0. The van der Waals surface area contributed by atoms with Crippen LogP contribution in [0.4, 0.5) is 0 Å². The molecule has 0 atom stereocenters. The first-order chi connectivity index (χ1) is 8.80. The zero-order valence-electron chi connectivity index (χ0n) is 9.91. The maximum absolute atomic E-state index is 10.3. The van der Waals surface area contributed by atoms with Crippen molar-refractivity contribution in [1.82, 2.24) is 0 Å². The van der Waals surface area contributed by atoms with Crippen molar-refractivity contribution >= 4 is 0 Å². The van der Waals surface area contributed by atoms with Crippen molar-refractivity contribution in [2.24, 2.45) is 0 Å². The molecule has 1 radical (unpaired) electrons. The van der Waals surface area contributed by atoms with Gasteiger partial charge in [-0.2, -0.15) is 5.26 Å². The van der Waals surface area contributed by atoms with Crippen molar-refractivity contribution in [2.45, 2.75) is 13.2 Å². The monoisotopic (exact) mass is 240 g/mol. The molecule has 0 saturated heterocycles. The minimum atomic E-state index is -0.214. The first-order valence-electron chi connectivity index (χ1n) is 5.52. The Morgan fingerprint density at radius 1 is 1.00 bits per heavy atom. The van der Waals surface area contributed by atoms with E-state index in [-0.39, 0.29) is 13.2 Å². The molecule has 0 amide bonds. The molecule has 0 aliphatic heterocycles. The molecule has 0 spiro atoms. The third-order valence-corrected chi connectivity index (χ3v) is 2.24. The molecular weight excluding hydrogens is 226 g/mol. The molecule has 3 nitrogen and oxygen atoms in total. The molecule has 0 fully saturated rings. The summed E-state index contributed by atoms with van der Waals surface area (Å²) in [6.07, 6.45) is 0. The largest absolute Gasteiger partial charge is 0.392 e. The van der Waals surface area contributed by atoms with Crippen LogP contribution in [0.25, 0.3) is 0 Å². The van der Waals surface area contributed by atoms with Gasteiger partial charge in [-0.15, -0.1) is 0 Å². The van der Waals surface area contributed by atoms with E-state index in [1.54, 1.807) is 36.4 Å². The normalized spacial score (nSPS) is 8.94. The average Bonchev–Trinajstić information content (AvgIpc) is 2.48. The molecule has 0 heterocycles. The number of aliphatic hydroxyl groups excluding tert-OH is 1. The molecular formula is C15H14NO2. The zero-order valence-corrected chi connectivity index (χ0v) is 9.91. The number of benzene rings is 2. The molecule has 91 valence electrons. The summed E-state index contributed by atoms with van der Waals surface area (Å²) in [5.41, 5.74) is 2.24. The second-order valence-corrected chi connectivity index (χ2v) is 3.60. The lowest BCUT2D eigenvalue weighted by molar-refractivity contribution is 0.177. The lowest BCUT2D eigenvalue weighted by Gasteiger charge is -1.96. The summed E-state index contributed by atoms with van der Waals surface area (Å²) in [5.74, 6) is 0. The molecule has 2 aromatic rings. The number of aliphatic hydroxyl groups is 1. The van der Waals surface area contributed by atoms with Crippen LogP contribution in [0.3, 0.4) is 0 Å². The molecule has 0 unspecified atom stereocenters. The Hall–Kier alpha value is -2.15. The van der Waals surface area contributed by atoms with E-state index in [1.807, 2.05) is 24.3 Å². The number of hydrogen-bond acceptors (Lipinski definition) is 2. The Kier molecular flexibility index (Phi) is 6.20. The third kappa shape index (κ3) is 4.79. The molecule has 0 aliphatic rings. The minimum absolute atomic E-state index is 0.00778. The first-order valence-corrected chi connectivity index (χ1v) is 5.52. The van der Waals surface area contributed by atoms with Gasteiger partial charge in [-0.05, 0) is 23.3 Å². The highest BCUT2D eigenvalue weighted by Gasteiger charge is 1.91. The first kappa shape index (κ1) is 13.9. The summed E-state index contributed by atoms with van der Waals surface area (Å²) in [5, 5.41) is 27.3. The van der Waals surface area contributed by atoms with Crippen LogP contribution in [0.5, 0.6) is 0 Å². The highest BCUT2D eigenvalue weighted by molar-refractivity contribution is 5.27. The molecule has 2 aromatic carbocycles. The molecule has 0 saturated carbocycles. The van der Waals surface area contributed by atoms with Crippen LogP contribution in [-0.2, 0) is 18.3 Å². The standard InChI is InChI=1S/C8H9O2.C7H5N/c9-5-7-2-1-3-8(4-7)6-10;8-6-7-4-2-1-3-5-7/h1-4,9H,5-6H2;1-5H. The predicted molar refractivity (Wildman–Crippen MR) is 67.9 cm³/mol. The summed E-state index contributed by atoms with van der Waals surface area (Å²) < 4.78 is 0. The Morgan fingerprint density at radius 2 is 1.67 bits per heavy atom. The average molecular weight is 240 g/mol. The quantitative estimate of drug-likeness (QED) is 0.877. The molecule has 0 aliphatic carbocycles. The summed E-state index contributed by atoms with van der Waals surface area (Å²) in [4.78, 5) is 0. The van der Waals surface area contributed by atoms with Crippen LogP contribution >= 0.6 is 0 Å². The van der Waals surface area contributed by atoms with Crippen LogP contribution in [0.15, 0.2) is 54.6 Å². The van der Waals surface area contributed by atoms with E-state index in [9.17, 15) is 5.11 Å². The number of rotatable bonds is 2. The molecule has 18 heavy (non-hydrogen) atoms. The van der Waals surface area contributed by atoms with Crippen molar-refractivity contribution in [2.75, 3.05) is 0 Å². The molecule has 1 N–H and O–H groups in total. The van der Waals surface area contributed by atoms with E-state index in [1.165, 1.54) is 0 Å². The molecule has 3 heteroatoms. The summed E-state index contributed by atoms with van der Waals surface area (Å²) in [6.45, 7) is -0.207. The molecule has 0 bridgehead atoms. The number of hydrogen-bond donors (Lipinski definition) is 1. The lowest BCUT2D eigenvalue weighted by Crippen LogP contribution is -1.85. The van der Waals surface area contributed by atoms with Gasteiger partial charge in [0.2, 0.25) is 0 Å². The Bertz CT molecular complexity index is 484. The highest BCUT2D eigenvalue weighted by atomic mass is 16.3. The van der Waals surface area contributed by atoms with Crippen LogP contribution < -0.4 is 0 Å². The zero-order chi connectivity index (χ0) is 13.2. The van der Waals surface area contributed by atoms with E-state index in [2.05, 4.69) is 0 Å². The molecule has 2 rings (SSSR count). The highest BCUT2D eigenvalue weighted by Crippen LogP contribution is 2.04. The van der Waals surface area contributed by atoms with E-state index >= 15 is 0 Å². The lowest BCUT2D eigenvalue weighted by atomic mass is 10.1. The second kappa shape index (κ2) is 8.02. The van der Waals surface area contributed by atoms with Gasteiger partial charge in [-0.25, -0.2) is 5.11 Å². The number of nitriles is 1. The van der Waals surface area contributed by atoms with Gasteiger partial charge in [-0.1, -0.05) is 42.5 Å². The van der Waals surface area contributed by atoms with Gasteiger partial charge in [0.25, 0.3) is 0 Å². The fourth-order valence-corrected chi connectivity index (χ4v) is 1.33. The smallest absolute Gasteiger partial charge is 0.107 e. The van der Waals surface area contributed by atoms with Crippen molar-refractivity contribution in [3.63, 3.8) is 0 Å². The van der Waals surface area contributed by atoms with Gasteiger partial charge in [0.05, 0.1) is 18.2 Å². The van der Waals surface area contributed by atoms with Gasteiger partial charge < -0.3 is 5.11 Å². The van der Waals surface area contributed by atoms with Crippen molar-refractivity contribution in [3.05, 3.63) is 71.3 Å². The Balaban J connectivity index is 0.000000184.